The third-order valence-electron chi connectivity index (χ3n) is 2.37. The van der Waals surface area contributed by atoms with E-state index in [2.05, 4.69) is 9.97 Å². The highest BCUT2D eigenvalue weighted by molar-refractivity contribution is 5.85. The average Bonchev–Trinajstić information content (AvgIpc) is 2.83. The molecule has 2 rings (SSSR count). The number of hydrogen-bond acceptors (Lipinski definition) is 3. The Labute approximate surface area is 94.7 Å². The van der Waals surface area contributed by atoms with Crippen molar-refractivity contribution in [2.24, 2.45) is 5.73 Å². The Bertz CT molecular complexity index is 404. The predicted molar refractivity (Wildman–Crippen MR) is 61.3 cm³/mol. The van der Waals surface area contributed by atoms with Crippen LogP contribution in [-0.4, -0.2) is 9.97 Å². The van der Waals surface area contributed by atoms with Gasteiger partial charge in [-0.2, -0.15) is 0 Å². The summed E-state index contributed by atoms with van der Waals surface area (Å²) in [6, 6.07) is 1.58. The van der Waals surface area contributed by atoms with Crippen LogP contribution in [0.3, 0.4) is 0 Å². The highest BCUT2D eigenvalue weighted by atomic mass is 35.5. The summed E-state index contributed by atoms with van der Waals surface area (Å²) in [4.78, 5) is 18.4. The van der Waals surface area contributed by atoms with Gasteiger partial charge in [-0.15, -0.1) is 12.4 Å². The van der Waals surface area contributed by atoms with E-state index in [1.807, 2.05) is 13.8 Å². The quantitative estimate of drug-likeness (QED) is 0.802. The number of hydrogen-bond donors (Lipinski definition) is 2. The largest absolute Gasteiger partial charge is 0.319 e. The lowest BCUT2D eigenvalue weighted by Crippen LogP contribution is -2.33. The van der Waals surface area contributed by atoms with Crippen LogP contribution in [0.25, 0.3) is 0 Å². The van der Waals surface area contributed by atoms with Gasteiger partial charge in [0.25, 0.3) is 5.56 Å². The fourth-order valence-electron chi connectivity index (χ4n) is 1.37. The molecule has 5 heteroatoms. The summed E-state index contributed by atoms with van der Waals surface area (Å²) >= 11 is 0. The zero-order valence-electron chi connectivity index (χ0n) is 8.91. The fourth-order valence-corrected chi connectivity index (χ4v) is 1.37. The van der Waals surface area contributed by atoms with E-state index in [1.165, 1.54) is 0 Å². The second-order valence-electron chi connectivity index (χ2n) is 4.51. The van der Waals surface area contributed by atoms with Crippen LogP contribution in [0.5, 0.6) is 0 Å². The zero-order chi connectivity index (χ0) is 10.3. The molecule has 15 heavy (non-hydrogen) atoms. The molecular weight excluding hydrogens is 214 g/mol. The van der Waals surface area contributed by atoms with Crippen molar-refractivity contribution < 1.29 is 0 Å². The highest BCUT2D eigenvalue weighted by Crippen LogP contribution is 2.38. The first-order valence-corrected chi connectivity index (χ1v) is 4.87. The molecule has 0 amide bonds. The third-order valence-corrected chi connectivity index (χ3v) is 2.37. The molecule has 0 aliphatic heterocycles. The Morgan fingerprint density at radius 2 is 2.13 bits per heavy atom. The molecule has 0 atom stereocenters. The number of aromatic nitrogens is 2. The second kappa shape index (κ2) is 3.94. The van der Waals surface area contributed by atoms with Gasteiger partial charge in [0.05, 0.1) is 11.2 Å². The molecule has 4 nitrogen and oxygen atoms in total. The second-order valence-corrected chi connectivity index (χ2v) is 4.51. The number of nitrogens with one attached hydrogen (secondary N) is 1. The molecule has 0 radical (unpaired) electrons. The molecule has 1 aliphatic carbocycles. The summed E-state index contributed by atoms with van der Waals surface area (Å²) in [6.45, 7) is 3.67. The van der Waals surface area contributed by atoms with Crippen LogP contribution in [-0.2, 0) is 5.54 Å². The molecule has 84 valence electrons. The maximum Gasteiger partial charge on any atom is 0.251 e. The summed E-state index contributed by atoms with van der Waals surface area (Å²) in [7, 11) is 0. The average molecular weight is 230 g/mol. The number of nitrogens with two attached hydrogens (primary N) is 1. The van der Waals surface area contributed by atoms with Gasteiger partial charge in [-0.3, -0.25) is 4.79 Å². The number of halogens is 1. The van der Waals surface area contributed by atoms with Gasteiger partial charge in [0.2, 0.25) is 0 Å². The Morgan fingerprint density at radius 1 is 1.53 bits per heavy atom. The Balaban J connectivity index is 0.00000112. The third kappa shape index (κ3) is 2.79. The standard InChI is InChI=1S/C10H15N3O.ClH/c1-10(2,11)9-12-7(6-3-4-6)5-8(14)13-9;/h5-6H,3-4,11H2,1-2H3,(H,12,13,14);1H. The van der Waals surface area contributed by atoms with Gasteiger partial charge >= 0.3 is 0 Å². The predicted octanol–water partition coefficient (Wildman–Crippen LogP) is 1.26. The monoisotopic (exact) mass is 229 g/mol. The zero-order valence-corrected chi connectivity index (χ0v) is 9.73. The van der Waals surface area contributed by atoms with Crippen LogP contribution in [0.1, 0.15) is 44.1 Å². The summed E-state index contributed by atoms with van der Waals surface area (Å²) in [5.41, 5.74) is 6.09. The van der Waals surface area contributed by atoms with Crippen LogP contribution in [0.15, 0.2) is 10.9 Å². The molecule has 0 unspecified atom stereocenters. The number of aromatic amines is 1. The topological polar surface area (TPSA) is 71.8 Å². The normalized spacial score (nSPS) is 15.9. The summed E-state index contributed by atoms with van der Waals surface area (Å²) < 4.78 is 0. The van der Waals surface area contributed by atoms with Gasteiger partial charge in [-0.1, -0.05) is 0 Å². The number of rotatable bonds is 2. The van der Waals surface area contributed by atoms with Crippen molar-refractivity contribution in [1.82, 2.24) is 9.97 Å². The molecule has 0 saturated heterocycles. The van der Waals surface area contributed by atoms with Crippen molar-refractivity contribution in [1.29, 1.82) is 0 Å². The molecule has 1 aromatic heterocycles. The molecule has 0 aromatic carbocycles. The minimum atomic E-state index is -0.579. The molecule has 1 aromatic rings. The van der Waals surface area contributed by atoms with E-state index in [0.717, 1.165) is 18.5 Å². The SMILES string of the molecule is CC(C)(N)c1nc(C2CC2)cc(=O)[nH]1.Cl. The van der Waals surface area contributed by atoms with Crippen molar-refractivity contribution in [3.63, 3.8) is 0 Å². The van der Waals surface area contributed by atoms with Crippen molar-refractivity contribution in [2.75, 3.05) is 0 Å². The van der Waals surface area contributed by atoms with Crippen LogP contribution in [0.2, 0.25) is 0 Å². The molecule has 1 saturated carbocycles. The molecule has 0 spiro atoms. The van der Waals surface area contributed by atoms with E-state index < -0.39 is 5.54 Å². The summed E-state index contributed by atoms with van der Waals surface area (Å²) in [5.74, 6) is 1.06. The van der Waals surface area contributed by atoms with Crippen molar-refractivity contribution in [2.45, 2.75) is 38.1 Å². The number of nitrogens with zero attached hydrogens (tertiary/aromatic N) is 1. The van der Waals surface area contributed by atoms with Crippen LogP contribution in [0.4, 0.5) is 0 Å². The van der Waals surface area contributed by atoms with E-state index in [1.54, 1.807) is 6.07 Å². The van der Waals surface area contributed by atoms with Crippen LogP contribution in [0, 0.1) is 0 Å². The molecule has 3 N–H and O–H groups in total. The highest BCUT2D eigenvalue weighted by Gasteiger charge is 2.27. The van der Waals surface area contributed by atoms with E-state index in [0.29, 0.717) is 11.7 Å². The van der Waals surface area contributed by atoms with Gasteiger partial charge in [0, 0.05) is 12.0 Å². The van der Waals surface area contributed by atoms with Gasteiger partial charge in [-0.25, -0.2) is 4.98 Å². The first-order chi connectivity index (χ1) is 6.47. The first-order valence-electron chi connectivity index (χ1n) is 4.87. The maximum atomic E-state index is 11.3. The molecule has 0 bridgehead atoms. The fraction of sp³-hybridized carbons (Fsp3) is 0.600. The van der Waals surface area contributed by atoms with Crippen LogP contribution < -0.4 is 11.3 Å². The van der Waals surface area contributed by atoms with Gasteiger partial charge in [-0.05, 0) is 26.7 Å². The lowest BCUT2D eigenvalue weighted by molar-refractivity contribution is 0.508. The smallest absolute Gasteiger partial charge is 0.251 e. The van der Waals surface area contributed by atoms with Gasteiger partial charge in [0.1, 0.15) is 5.82 Å². The molecule has 1 fully saturated rings. The van der Waals surface area contributed by atoms with Crippen molar-refractivity contribution in [3.8, 4) is 0 Å². The maximum absolute atomic E-state index is 11.3. The summed E-state index contributed by atoms with van der Waals surface area (Å²) in [5, 5.41) is 0. The van der Waals surface area contributed by atoms with E-state index in [9.17, 15) is 4.79 Å². The number of H-pyrrole nitrogens is 1. The lowest BCUT2D eigenvalue weighted by Gasteiger charge is -2.17. The molecule has 1 heterocycles. The summed E-state index contributed by atoms with van der Waals surface area (Å²) in [6.07, 6.45) is 2.28. The van der Waals surface area contributed by atoms with E-state index >= 15 is 0 Å². The minimum absolute atomic E-state index is 0. The van der Waals surface area contributed by atoms with Gasteiger partial charge in [0.15, 0.2) is 0 Å². The Morgan fingerprint density at radius 3 is 2.60 bits per heavy atom. The molecule has 1 aliphatic rings. The minimum Gasteiger partial charge on any atom is -0.319 e. The van der Waals surface area contributed by atoms with E-state index in [4.69, 9.17) is 5.73 Å². The van der Waals surface area contributed by atoms with E-state index in [-0.39, 0.29) is 18.0 Å². The van der Waals surface area contributed by atoms with Crippen molar-refractivity contribution >= 4 is 12.4 Å². The van der Waals surface area contributed by atoms with Crippen LogP contribution >= 0.6 is 12.4 Å². The molecular formula is C10H16ClN3O. The Kier molecular flexibility index (Phi) is 3.21. The van der Waals surface area contributed by atoms with Gasteiger partial charge < -0.3 is 10.7 Å². The first kappa shape index (κ1) is 12.2. The lowest BCUT2D eigenvalue weighted by atomic mass is 10.1. The Hall–Kier alpha value is -0.870. The van der Waals surface area contributed by atoms with Crippen molar-refractivity contribution in [3.05, 3.63) is 27.9 Å².